The Labute approximate surface area is 169 Å². The summed E-state index contributed by atoms with van der Waals surface area (Å²) in [6.07, 6.45) is 0.778. The van der Waals surface area contributed by atoms with E-state index < -0.39 is 51.7 Å². The Bertz CT molecular complexity index is 1280. The maximum Gasteiger partial charge on any atom is 0.261 e. The molecule has 0 saturated heterocycles. The summed E-state index contributed by atoms with van der Waals surface area (Å²) >= 11 is 6.11. The van der Waals surface area contributed by atoms with E-state index in [0.29, 0.717) is 11.3 Å². The number of halogens is 6. The number of ether oxygens (including phenoxy) is 1. The number of benzene rings is 2. The van der Waals surface area contributed by atoms with Crippen LogP contribution < -0.4 is 15.5 Å². The molecule has 0 saturated carbocycles. The number of anilines is 1. The average Bonchev–Trinajstić information content (AvgIpc) is 2.71. The van der Waals surface area contributed by atoms with Crippen molar-refractivity contribution in [2.45, 2.75) is 19.6 Å². The van der Waals surface area contributed by atoms with E-state index in [0.717, 1.165) is 6.20 Å². The number of rotatable bonds is 2. The van der Waals surface area contributed by atoms with Crippen LogP contribution in [-0.4, -0.2) is 16.6 Å². The summed E-state index contributed by atoms with van der Waals surface area (Å²) in [6.45, 7) is 1.95. The van der Waals surface area contributed by atoms with Gasteiger partial charge in [0.1, 0.15) is 23.1 Å². The van der Waals surface area contributed by atoms with Gasteiger partial charge in [-0.25, -0.2) is 22.0 Å². The first kappa shape index (κ1) is 20.1. The molecule has 1 N–H and O–H groups in total. The van der Waals surface area contributed by atoms with Crippen LogP contribution in [0.4, 0.5) is 27.6 Å². The Morgan fingerprint density at radius 3 is 2.33 bits per heavy atom. The fraction of sp³-hybridized carbons (Fsp3) is 0.158. The van der Waals surface area contributed by atoms with Gasteiger partial charge in [-0.15, -0.1) is 0 Å². The summed E-state index contributed by atoms with van der Waals surface area (Å²) in [6, 6.07) is 2.93. The van der Waals surface area contributed by atoms with Gasteiger partial charge in [-0.3, -0.25) is 9.59 Å². The monoisotopic (exact) mass is 444 g/mol. The van der Waals surface area contributed by atoms with E-state index in [1.54, 1.807) is 18.3 Å². The van der Waals surface area contributed by atoms with E-state index in [2.05, 4.69) is 0 Å². The molecule has 0 radical (unpaired) electrons. The number of nitrogens with one attached hydrogen (secondary N) is 1. The summed E-state index contributed by atoms with van der Waals surface area (Å²) < 4.78 is 74.9. The van der Waals surface area contributed by atoms with E-state index in [9.17, 15) is 31.5 Å². The van der Waals surface area contributed by atoms with Gasteiger partial charge < -0.3 is 14.6 Å². The molecular weight excluding hydrogens is 435 g/mol. The van der Waals surface area contributed by atoms with Crippen molar-refractivity contribution < 1.29 is 31.5 Å². The third-order valence-electron chi connectivity index (χ3n) is 4.61. The Morgan fingerprint density at radius 2 is 1.70 bits per heavy atom. The van der Waals surface area contributed by atoms with Crippen LogP contribution in [0.3, 0.4) is 0 Å². The summed E-state index contributed by atoms with van der Waals surface area (Å²) in [5.74, 6) is -12.3. The largest absolute Gasteiger partial charge is 0.487 e. The van der Waals surface area contributed by atoms with Crippen LogP contribution in [-0.2, 0) is 6.54 Å². The molecule has 2 aromatic carbocycles. The van der Waals surface area contributed by atoms with E-state index in [-0.39, 0.29) is 23.1 Å². The van der Waals surface area contributed by atoms with Crippen molar-refractivity contribution in [3.8, 4) is 5.75 Å². The lowest BCUT2D eigenvalue weighted by molar-refractivity contribution is 0.102. The quantitative estimate of drug-likeness (QED) is 0.362. The van der Waals surface area contributed by atoms with Gasteiger partial charge in [0, 0.05) is 6.20 Å². The molecular formula is C19H10ClF5N2O3. The summed E-state index contributed by atoms with van der Waals surface area (Å²) in [4.78, 5) is 25.4. The smallest absolute Gasteiger partial charge is 0.261 e. The maximum atomic E-state index is 13.9. The molecule has 4 rings (SSSR count). The van der Waals surface area contributed by atoms with Crippen LogP contribution in [0, 0.1) is 29.1 Å². The van der Waals surface area contributed by atoms with Gasteiger partial charge in [-0.2, -0.15) is 0 Å². The SMILES string of the molecule is C[C@H]1Cn2cc(C(=O)Nc3c(F)c(F)c(F)c(F)c3F)c(=O)c3c(Cl)ccc(c32)O1. The van der Waals surface area contributed by atoms with Gasteiger partial charge >= 0.3 is 0 Å². The second-order valence-electron chi connectivity index (χ2n) is 6.62. The fourth-order valence-corrected chi connectivity index (χ4v) is 3.53. The lowest BCUT2D eigenvalue weighted by atomic mass is 10.1. The summed E-state index contributed by atoms with van der Waals surface area (Å²) in [5.41, 5.74) is -2.74. The lowest BCUT2D eigenvalue weighted by Gasteiger charge is -2.26. The van der Waals surface area contributed by atoms with E-state index in [4.69, 9.17) is 16.3 Å². The zero-order chi connectivity index (χ0) is 21.9. The number of pyridine rings is 1. The Kier molecular flexibility index (Phi) is 4.69. The van der Waals surface area contributed by atoms with Crippen LogP contribution in [0.2, 0.25) is 5.02 Å². The molecule has 1 aliphatic heterocycles. The predicted octanol–water partition coefficient (Wildman–Crippen LogP) is 4.38. The van der Waals surface area contributed by atoms with E-state index in [1.807, 2.05) is 0 Å². The zero-order valence-corrected chi connectivity index (χ0v) is 15.7. The van der Waals surface area contributed by atoms with Gasteiger partial charge in [0.15, 0.2) is 23.3 Å². The molecule has 2 heterocycles. The van der Waals surface area contributed by atoms with Gasteiger partial charge in [-0.05, 0) is 19.1 Å². The number of hydrogen-bond donors (Lipinski definition) is 1. The van der Waals surface area contributed by atoms with Crippen molar-refractivity contribution in [1.29, 1.82) is 0 Å². The maximum absolute atomic E-state index is 13.9. The lowest BCUT2D eigenvalue weighted by Crippen LogP contribution is -2.30. The zero-order valence-electron chi connectivity index (χ0n) is 15.0. The molecule has 0 bridgehead atoms. The fourth-order valence-electron chi connectivity index (χ4n) is 3.29. The highest BCUT2D eigenvalue weighted by molar-refractivity contribution is 6.35. The molecule has 30 heavy (non-hydrogen) atoms. The third kappa shape index (κ3) is 2.90. The minimum Gasteiger partial charge on any atom is -0.487 e. The van der Waals surface area contributed by atoms with Crippen molar-refractivity contribution >= 4 is 34.1 Å². The van der Waals surface area contributed by atoms with Crippen LogP contribution >= 0.6 is 11.6 Å². The molecule has 11 heteroatoms. The topological polar surface area (TPSA) is 60.3 Å². The number of amides is 1. The van der Waals surface area contributed by atoms with E-state index in [1.165, 1.54) is 10.6 Å². The number of carbonyl (C=O) groups is 1. The van der Waals surface area contributed by atoms with Gasteiger partial charge in [-0.1, -0.05) is 11.6 Å². The van der Waals surface area contributed by atoms with Crippen LogP contribution in [0.1, 0.15) is 17.3 Å². The molecule has 0 spiro atoms. The molecule has 1 atom stereocenters. The number of hydrogen-bond acceptors (Lipinski definition) is 3. The highest BCUT2D eigenvalue weighted by Gasteiger charge is 2.29. The van der Waals surface area contributed by atoms with Crippen molar-refractivity contribution in [2.24, 2.45) is 0 Å². The predicted molar refractivity (Wildman–Crippen MR) is 97.5 cm³/mol. The molecule has 0 fully saturated rings. The molecule has 5 nitrogen and oxygen atoms in total. The first-order chi connectivity index (χ1) is 14.1. The van der Waals surface area contributed by atoms with Crippen molar-refractivity contribution in [2.75, 3.05) is 5.32 Å². The first-order valence-electron chi connectivity index (χ1n) is 8.46. The normalized spacial score (nSPS) is 15.2. The second kappa shape index (κ2) is 6.98. The second-order valence-corrected chi connectivity index (χ2v) is 7.03. The number of nitrogens with zero attached hydrogens (tertiary/aromatic N) is 1. The first-order valence-corrected chi connectivity index (χ1v) is 8.84. The minimum atomic E-state index is -2.37. The molecule has 1 amide bonds. The van der Waals surface area contributed by atoms with Crippen LogP contribution in [0.15, 0.2) is 23.1 Å². The highest BCUT2D eigenvalue weighted by Crippen LogP contribution is 2.34. The highest BCUT2D eigenvalue weighted by atomic mass is 35.5. The van der Waals surface area contributed by atoms with Crippen LogP contribution in [0.5, 0.6) is 5.75 Å². The molecule has 0 aliphatic carbocycles. The van der Waals surface area contributed by atoms with Gasteiger partial charge in [0.25, 0.3) is 5.91 Å². The molecule has 1 aromatic heterocycles. The minimum absolute atomic E-state index is 0.00321. The number of carbonyl (C=O) groups excluding carboxylic acids is 1. The Balaban J connectivity index is 1.88. The Morgan fingerprint density at radius 1 is 1.10 bits per heavy atom. The average molecular weight is 445 g/mol. The standard InChI is InChI=1S/C19H10ClF5N2O3/c1-6-4-27-5-7(18(28)10-8(20)2-3-9(30-6)17(10)27)19(29)26-16-14(24)12(22)11(21)13(23)15(16)25/h2-3,5-6H,4H2,1H3,(H,26,29)/t6-/m0/s1. The summed E-state index contributed by atoms with van der Waals surface area (Å²) in [7, 11) is 0. The van der Waals surface area contributed by atoms with Crippen LogP contribution in [0.25, 0.3) is 10.9 Å². The molecule has 156 valence electrons. The van der Waals surface area contributed by atoms with Crippen molar-refractivity contribution in [1.82, 2.24) is 4.57 Å². The molecule has 3 aromatic rings. The number of aromatic nitrogens is 1. The van der Waals surface area contributed by atoms with E-state index >= 15 is 0 Å². The van der Waals surface area contributed by atoms with Gasteiger partial charge in [0.05, 0.1) is 22.5 Å². The molecule has 0 unspecified atom stereocenters. The van der Waals surface area contributed by atoms with Crippen molar-refractivity contribution in [3.05, 3.63) is 68.2 Å². The Hall–Kier alpha value is -3.14. The van der Waals surface area contributed by atoms with Crippen molar-refractivity contribution in [3.63, 3.8) is 0 Å². The van der Waals surface area contributed by atoms with Gasteiger partial charge in [0.2, 0.25) is 11.2 Å². The summed E-state index contributed by atoms with van der Waals surface area (Å²) in [5, 5.41) is 1.52. The third-order valence-corrected chi connectivity index (χ3v) is 4.92. The molecule has 1 aliphatic rings.